The SMILES string of the molecule is CCc1ccc(S(=O)(=O)C2CC(N)C2)cc1. The third-order valence-electron chi connectivity index (χ3n) is 3.23. The second kappa shape index (κ2) is 4.18. The third kappa shape index (κ3) is 1.99. The normalized spacial score (nSPS) is 25.1. The van der Waals surface area contributed by atoms with E-state index in [1.54, 1.807) is 12.1 Å². The molecule has 0 aromatic heterocycles. The molecular weight excluding hydrogens is 222 g/mol. The van der Waals surface area contributed by atoms with Crippen LogP contribution in [0.5, 0.6) is 0 Å². The molecule has 0 aliphatic heterocycles. The molecule has 1 aromatic rings. The van der Waals surface area contributed by atoms with Crippen LogP contribution in [-0.2, 0) is 16.3 Å². The molecule has 0 amide bonds. The molecule has 0 heterocycles. The monoisotopic (exact) mass is 239 g/mol. The van der Waals surface area contributed by atoms with Gasteiger partial charge in [-0.2, -0.15) is 0 Å². The number of rotatable bonds is 3. The fraction of sp³-hybridized carbons (Fsp3) is 0.500. The van der Waals surface area contributed by atoms with Crippen molar-refractivity contribution in [1.82, 2.24) is 0 Å². The second-order valence-corrected chi connectivity index (χ2v) is 6.62. The van der Waals surface area contributed by atoms with E-state index in [0.717, 1.165) is 12.0 Å². The van der Waals surface area contributed by atoms with Crippen LogP contribution >= 0.6 is 0 Å². The topological polar surface area (TPSA) is 60.2 Å². The van der Waals surface area contributed by atoms with Gasteiger partial charge in [-0.05, 0) is 37.0 Å². The van der Waals surface area contributed by atoms with Crippen LogP contribution in [0, 0.1) is 0 Å². The fourth-order valence-corrected chi connectivity index (χ4v) is 3.87. The maximum absolute atomic E-state index is 12.1. The summed E-state index contributed by atoms with van der Waals surface area (Å²) in [7, 11) is -3.14. The Hall–Kier alpha value is -0.870. The molecule has 16 heavy (non-hydrogen) atoms. The molecule has 0 spiro atoms. The summed E-state index contributed by atoms with van der Waals surface area (Å²) in [5.74, 6) is 0. The summed E-state index contributed by atoms with van der Waals surface area (Å²) in [5, 5.41) is -0.269. The lowest BCUT2D eigenvalue weighted by Crippen LogP contribution is -2.44. The number of nitrogens with two attached hydrogens (primary N) is 1. The number of sulfone groups is 1. The first-order chi connectivity index (χ1) is 7.54. The van der Waals surface area contributed by atoms with Crippen molar-refractivity contribution in [2.45, 2.75) is 42.4 Å². The molecule has 0 bridgehead atoms. The van der Waals surface area contributed by atoms with Gasteiger partial charge < -0.3 is 5.73 Å². The van der Waals surface area contributed by atoms with E-state index in [2.05, 4.69) is 6.92 Å². The molecule has 2 rings (SSSR count). The largest absolute Gasteiger partial charge is 0.328 e. The van der Waals surface area contributed by atoms with Crippen molar-refractivity contribution in [3.8, 4) is 0 Å². The number of aryl methyl sites for hydroxylation is 1. The van der Waals surface area contributed by atoms with Gasteiger partial charge >= 0.3 is 0 Å². The maximum Gasteiger partial charge on any atom is 0.181 e. The summed E-state index contributed by atoms with van der Waals surface area (Å²) in [4.78, 5) is 0.432. The lowest BCUT2D eigenvalue weighted by molar-refractivity contribution is 0.409. The molecule has 0 atom stereocenters. The zero-order valence-electron chi connectivity index (χ0n) is 9.39. The molecule has 3 nitrogen and oxygen atoms in total. The number of hydrogen-bond donors (Lipinski definition) is 1. The Kier molecular flexibility index (Phi) is 3.04. The zero-order chi connectivity index (χ0) is 11.8. The molecule has 4 heteroatoms. The molecule has 1 fully saturated rings. The van der Waals surface area contributed by atoms with Crippen LogP contribution < -0.4 is 5.73 Å². The highest BCUT2D eigenvalue weighted by Crippen LogP contribution is 2.30. The average molecular weight is 239 g/mol. The van der Waals surface area contributed by atoms with Gasteiger partial charge in [0.1, 0.15) is 0 Å². The number of benzene rings is 1. The molecule has 2 N–H and O–H groups in total. The Morgan fingerprint density at radius 3 is 2.25 bits per heavy atom. The van der Waals surface area contributed by atoms with Crippen LogP contribution in [0.1, 0.15) is 25.3 Å². The Bertz CT molecular complexity index is 458. The summed E-state index contributed by atoms with van der Waals surface area (Å²) >= 11 is 0. The summed E-state index contributed by atoms with van der Waals surface area (Å²) in [6, 6.07) is 7.24. The molecule has 0 radical (unpaired) electrons. The van der Waals surface area contributed by atoms with E-state index >= 15 is 0 Å². The molecule has 1 aliphatic carbocycles. The molecule has 1 aliphatic rings. The minimum Gasteiger partial charge on any atom is -0.328 e. The lowest BCUT2D eigenvalue weighted by atomic mass is 9.93. The van der Waals surface area contributed by atoms with Crippen molar-refractivity contribution < 1.29 is 8.42 Å². The average Bonchev–Trinajstić information content (AvgIpc) is 2.25. The van der Waals surface area contributed by atoms with E-state index in [1.165, 1.54) is 0 Å². The lowest BCUT2D eigenvalue weighted by Gasteiger charge is -2.31. The van der Waals surface area contributed by atoms with Gasteiger partial charge in [-0.25, -0.2) is 8.42 Å². The smallest absolute Gasteiger partial charge is 0.181 e. The minimum atomic E-state index is -3.14. The van der Waals surface area contributed by atoms with Gasteiger partial charge in [-0.1, -0.05) is 19.1 Å². The Morgan fingerprint density at radius 1 is 1.25 bits per heavy atom. The standard InChI is InChI=1S/C12H17NO2S/c1-2-9-3-5-11(6-4-9)16(14,15)12-7-10(13)8-12/h3-6,10,12H,2,7-8,13H2,1H3. The summed E-state index contributed by atoms with van der Waals surface area (Å²) < 4.78 is 24.2. The van der Waals surface area contributed by atoms with Crippen molar-refractivity contribution in [1.29, 1.82) is 0 Å². The Morgan fingerprint density at radius 2 is 1.81 bits per heavy atom. The Labute approximate surface area is 96.6 Å². The first kappa shape index (κ1) is 11.6. The summed E-state index contributed by atoms with van der Waals surface area (Å²) in [5.41, 5.74) is 6.78. The molecule has 1 aromatic carbocycles. The first-order valence-electron chi connectivity index (χ1n) is 5.62. The van der Waals surface area contributed by atoms with Gasteiger partial charge in [0, 0.05) is 6.04 Å². The quantitative estimate of drug-likeness (QED) is 0.869. The predicted octanol–water partition coefficient (Wildman–Crippen LogP) is 1.51. The van der Waals surface area contributed by atoms with Crippen LogP contribution in [0.15, 0.2) is 29.2 Å². The predicted molar refractivity (Wildman–Crippen MR) is 64.0 cm³/mol. The van der Waals surface area contributed by atoms with Crippen LogP contribution in [0.4, 0.5) is 0 Å². The minimum absolute atomic E-state index is 0.0645. The van der Waals surface area contributed by atoms with Crippen molar-refractivity contribution in [2.75, 3.05) is 0 Å². The van der Waals surface area contributed by atoms with E-state index in [4.69, 9.17) is 5.73 Å². The van der Waals surface area contributed by atoms with Crippen LogP contribution in [0.25, 0.3) is 0 Å². The van der Waals surface area contributed by atoms with E-state index in [-0.39, 0.29) is 11.3 Å². The fourth-order valence-electron chi connectivity index (χ4n) is 1.97. The van der Waals surface area contributed by atoms with Gasteiger partial charge in [0.05, 0.1) is 10.1 Å². The van der Waals surface area contributed by atoms with Crippen LogP contribution in [0.3, 0.4) is 0 Å². The van der Waals surface area contributed by atoms with Gasteiger partial charge in [-0.3, -0.25) is 0 Å². The van der Waals surface area contributed by atoms with Gasteiger partial charge in [0.15, 0.2) is 9.84 Å². The zero-order valence-corrected chi connectivity index (χ0v) is 10.2. The van der Waals surface area contributed by atoms with Crippen molar-refractivity contribution in [3.05, 3.63) is 29.8 Å². The highest BCUT2D eigenvalue weighted by atomic mass is 32.2. The first-order valence-corrected chi connectivity index (χ1v) is 7.17. The van der Waals surface area contributed by atoms with E-state index in [0.29, 0.717) is 17.7 Å². The van der Waals surface area contributed by atoms with Gasteiger partial charge in [-0.15, -0.1) is 0 Å². The van der Waals surface area contributed by atoms with Crippen molar-refractivity contribution in [3.63, 3.8) is 0 Å². The van der Waals surface area contributed by atoms with Crippen molar-refractivity contribution >= 4 is 9.84 Å². The van der Waals surface area contributed by atoms with Crippen LogP contribution in [-0.4, -0.2) is 19.7 Å². The highest BCUT2D eigenvalue weighted by molar-refractivity contribution is 7.92. The van der Waals surface area contributed by atoms with Gasteiger partial charge in [0.2, 0.25) is 0 Å². The molecular formula is C12H17NO2S. The van der Waals surface area contributed by atoms with E-state index in [9.17, 15) is 8.42 Å². The summed E-state index contributed by atoms with van der Waals surface area (Å²) in [6.45, 7) is 2.05. The molecule has 0 unspecified atom stereocenters. The third-order valence-corrected chi connectivity index (χ3v) is 5.42. The van der Waals surface area contributed by atoms with E-state index < -0.39 is 9.84 Å². The maximum atomic E-state index is 12.1. The van der Waals surface area contributed by atoms with E-state index in [1.807, 2.05) is 12.1 Å². The Balaban J connectivity index is 2.22. The van der Waals surface area contributed by atoms with Crippen LogP contribution in [0.2, 0.25) is 0 Å². The molecule has 88 valence electrons. The summed E-state index contributed by atoms with van der Waals surface area (Å²) in [6.07, 6.45) is 2.12. The number of hydrogen-bond acceptors (Lipinski definition) is 3. The van der Waals surface area contributed by atoms with Gasteiger partial charge in [0.25, 0.3) is 0 Å². The molecule has 1 saturated carbocycles. The highest BCUT2D eigenvalue weighted by Gasteiger charge is 2.37. The second-order valence-electron chi connectivity index (χ2n) is 4.40. The van der Waals surface area contributed by atoms with Crippen molar-refractivity contribution in [2.24, 2.45) is 5.73 Å². The molecule has 0 saturated heterocycles.